The maximum atomic E-state index is 5.72. The van der Waals surface area contributed by atoms with Crippen molar-refractivity contribution in [3.8, 4) is 11.6 Å². The molecule has 1 aromatic heterocycles. The molecule has 150 valence electrons. The Morgan fingerprint density at radius 2 is 1.96 bits per heavy atom. The van der Waals surface area contributed by atoms with E-state index in [0.717, 1.165) is 42.4 Å². The monoisotopic (exact) mass is 448 g/mol. The zero-order valence-corrected chi connectivity index (χ0v) is 17.7. The molecular weight excluding hydrogens is 424 g/mol. The average Bonchev–Trinajstić information content (AvgIpc) is 2.75. The Balaban J connectivity index is 1.46. The van der Waals surface area contributed by atoms with Crippen LogP contribution in [-0.2, 0) is 0 Å². The molecule has 2 heterocycles. The second kappa shape index (κ2) is 10.1. The highest BCUT2D eigenvalue weighted by Gasteiger charge is 2.22. The van der Waals surface area contributed by atoms with Crippen molar-refractivity contribution in [1.82, 2.24) is 20.2 Å². The molecule has 0 radical (unpaired) electrons. The summed E-state index contributed by atoms with van der Waals surface area (Å²) in [5.41, 5.74) is 0. The molecule has 1 aliphatic heterocycles. The van der Waals surface area contributed by atoms with Crippen LogP contribution < -0.4 is 19.7 Å². The number of aromatic nitrogens is 2. The molecule has 0 unspecified atom stereocenters. The van der Waals surface area contributed by atoms with Gasteiger partial charge in [-0.05, 0) is 28.1 Å². The van der Waals surface area contributed by atoms with Gasteiger partial charge < -0.3 is 24.6 Å². The Kier molecular flexibility index (Phi) is 7.30. The van der Waals surface area contributed by atoms with Gasteiger partial charge >= 0.3 is 0 Å². The Morgan fingerprint density at radius 1 is 1.21 bits per heavy atom. The first kappa shape index (κ1) is 20.2. The van der Waals surface area contributed by atoms with Crippen LogP contribution in [-0.4, -0.2) is 74.3 Å². The van der Waals surface area contributed by atoms with Gasteiger partial charge in [-0.3, -0.25) is 4.99 Å². The number of halogens is 1. The van der Waals surface area contributed by atoms with Crippen LogP contribution in [0.4, 0.5) is 5.95 Å². The first-order valence-electron chi connectivity index (χ1n) is 9.16. The van der Waals surface area contributed by atoms with E-state index in [4.69, 9.17) is 9.47 Å². The molecule has 0 bridgehead atoms. The summed E-state index contributed by atoms with van der Waals surface area (Å²) in [6.45, 7) is 4.56. The second-order valence-corrected chi connectivity index (χ2v) is 6.99. The van der Waals surface area contributed by atoms with Gasteiger partial charge in [0.05, 0.1) is 24.3 Å². The first-order valence-corrected chi connectivity index (χ1v) is 9.95. The van der Waals surface area contributed by atoms with E-state index >= 15 is 0 Å². The van der Waals surface area contributed by atoms with Gasteiger partial charge in [-0.25, -0.2) is 4.98 Å². The van der Waals surface area contributed by atoms with Crippen molar-refractivity contribution in [2.45, 2.75) is 0 Å². The number of guanidine groups is 1. The normalized spacial score (nSPS) is 14.8. The number of aliphatic imine (C=N–C) groups is 1. The van der Waals surface area contributed by atoms with Crippen LogP contribution in [0, 0.1) is 0 Å². The third-order valence-corrected chi connectivity index (χ3v) is 4.91. The summed E-state index contributed by atoms with van der Waals surface area (Å²) < 4.78 is 11.7. The molecule has 3 rings (SSSR count). The van der Waals surface area contributed by atoms with Gasteiger partial charge in [-0.1, -0.05) is 18.2 Å². The lowest BCUT2D eigenvalue weighted by Crippen LogP contribution is -2.53. The topological polar surface area (TPSA) is 75.1 Å². The van der Waals surface area contributed by atoms with Gasteiger partial charge in [0.2, 0.25) is 11.8 Å². The fraction of sp³-hybridized carbons (Fsp3) is 0.421. The third kappa shape index (κ3) is 5.25. The van der Waals surface area contributed by atoms with E-state index in [-0.39, 0.29) is 0 Å². The molecule has 0 aliphatic carbocycles. The van der Waals surface area contributed by atoms with Crippen molar-refractivity contribution in [2.24, 2.45) is 4.99 Å². The number of benzene rings is 1. The zero-order valence-electron chi connectivity index (χ0n) is 16.1. The van der Waals surface area contributed by atoms with E-state index in [2.05, 4.69) is 46.0 Å². The Bertz CT molecular complexity index is 781. The fourth-order valence-corrected chi connectivity index (χ4v) is 3.29. The number of nitrogens with one attached hydrogen (secondary N) is 1. The number of hydrogen-bond donors (Lipinski definition) is 1. The van der Waals surface area contributed by atoms with Gasteiger partial charge in [0.15, 0.2) is 5.96 Å². The lowest BCUT2D eigenvalue weighted by atomic mass is 10.3. The van der Waals surface area contributed by atoms with Crippen molar-refractivity contribution in [2.75, 3.05) is 58.4 Å². The number of para-hydroxylation sites is 1. The summed E-state index contributed by atoms with van der Waals surface area (Å²) >= 11 is 3.39. The minimum Gasteiger partial charge on any atom is -0.492 e. The maximum absolute atomic E-state index is 5.72. The highest BCUT2D eigenvalue weighted by Crippen LogP contribution is 2.23. The number of piperazine rings is 1. The lowest BCUT2D eigenvalue weighted by molar-refractivity contribution is 0.314. The smallest absolute Gasteiger partial charge is 0.232 e. The molecule has 2 aromatic rings. The van der Waals surface area contributed by atoms with Crippen LogP contribution in [0.3, 0.4) is 0 Å². The number of nitrogens with zero attached hydrogens (tertiary/aromatic N) is 5. The van der Waals surface area contributed by atoms with Crippen molar-refractivity contribution in [3.63, 3.8) is 0 Å². The van der Waals surface area contributed by atoms with Crippen LogP contribution in [0.2, 0.25) is 0 Å². The fourth-order valence-electron chi connectivity index (χ4n) is 2.94. The molecule has 1 aliphatic rings. The molecule has 1 aromatic carbocycles. The van der Waals surface area contributed by atoms with E-state index in [9.17, 15) is 0 Å². The van der Waals surface area contributed by atoms with Gasteiger partial charge in [-0.2, -0.15) is 4.98 Å². The van der Waals surface area contributed by atoms with Gasteiger partial charge in [0.25, 0.3) is 0 Å². The quantitative estimate of drug-likeness (QED) is 0.411. The summed E-state index contributed by atoms with van der Waals surface area (Å²) in [5, 5.41) is 3.36. The molecule has 1 saturated heterocycles. The number of hydrogen-bond acceptors (Lipinski definition) is 6. The molecule has 0 atom stereocenters. The molecule has 0 saturated carbocycles. The number of anilines is 1. The van der Waals surface area contributed by atoms with E-state index in [1.807, 2.05) is 30.3 Å². The number of ether oxygens (including phenoxy) is 2. The predicted octanol–water partition coefficient (Wildman–Crippen LogP) is 2.02. The van der Waals surface area contributed by atoms with Crippen molar-refractivity contribution < 1.29 is 9.47 Å². The molecule has 28 heavy (non-hydrogen) atoms. The largest absolute Gasteiger partial charge is 0.492 e. The highest BCUT2D eigenvalue weighted by molar-refractivity contribution is 9.10. The zero-order chi connectivity index (χ0) is 19.8. The predicted molar refractivity (Wildman–Crippen MR) is 113 cm³/mol. The van der Waals surface area contributed by atoms with Gasteiger partial charge in [-0.15, -0.1) is 0 Å². The summed E-state index contributed by atoms with van der Waals surface area (Å²) in [6, 6.07) is 9.81. The molecule has 0 amide bonds. The Morgan fingerprint density at radius 3 is 2.64 bits per heavy atom. The van der Waals surface area contributed by atoms with Crippen molar-refractivity contribution in [3.05, 3.63) is 41.0 Å². The number of methoxy groups -OCH3 is 1. The summed E-state index contributed by atoms with van der Waals surface area (Å²) in [5.74, 6) is 2.98. The second-order valence-electron chi connectivity index (χ2n) is 6.14. The Labute approximate surface area is 173 Å². The minimum absolute atomic E-state index is 0.545. The molecule has 1 N–H and O–H groups in total. The van der Waals surface area contributed by atoms with Crippen LogP contribution in [0.25, 0.3) is 0 Å². The van der Waals surface area contributed by atoms with Crippen LogP contribution in [0.5, 0.6) is 11.6 Å². The van der Waals surface area contributed by atoms with E-state index in [1.54, 1.807) is 20.4 Å². The average molecular weight is 449 g/mol. The summed E-state index contributed by atoms with van der Waals surface area (Å²) in [6.07, 6.45) is 1.72. The van der Waals surface area contributed by atoms with E-state index in [1.165, 1.54) is 0 Å². The standard InChI is InChI=1S/C19H25BrN6O2/c1-21-18(22-8-13-28-15-6-4-3-5-7-15)25-9-11-26(12-10-25)19-23-14-16(20)17(24-19)27-2/h3-7,14H,8-13H2,1-2H3,(H,21,22). The Hall–Kier alpha value is -2.55. The molecule has 8 nitrogen and oxygen atoms in total. The first-order chi connectivity index (χ1) is 13.7. The van der Waals surface area contributed by atoms with Crippen LogP contribution in [0.15, 0.2) is 46.0 Å². The van der Waals surface area contributed by atoms with Gasteiger partial charge in [0.1, 0.15) is 12.4 Å². The number of rotatable bonds is 6. The van der Waals surface area contributed by atoms with Crippen molar-refractivity contribution in [1.29, 1.82) is 0 Å². The molecule has 9 heteroatoms. The molecular formula is C19H25BrN6O2. The van der Waals surface area contributed by atoms with Crippen molar-refractivity contribution >= 4 is 27.8 Å². The summed E-state index contributed by atoms with van der Waals surface area (Å²) in [4.78, 5) is 17.6. The summed E-state index contributed by atoms with van der Waals surface area (Å²) in [7, 11) is 3.40. The van der Waals surface area contributed by atoms with E-state index < -0.39 is 0 Å². The SMILES string of the molecule is CN=C(NCCOc1ccccc1)N1CCN(c2ncc(Br)c(OC)n2)CC1. The minimum atomic E-state index is 0.545. The van der Waals surface area contributed by atoms with Gasteiger partial charge in [0, 0.05) is 33.2 Å². The highest BCUT2D eigenvalue weighted by atomic mass is 79.9. The molecule has 1 fully saturated rings. The molecule has 0 spiro atoms. The van der Waals surface area contributed by atoms with Crippen LogP contribution >= 0.6 is 15.9 Å². The van der Waals surface area contributed by atoms with Crippen LogP contribution in [0.1, 0.15) is 0 Å². The third-order valence-electron chi connectivity index (χ3n) is 4.36. The lowest BCUT2D eigenvalue weighted by Gasteiger charge is -2.36. The van der Waals surface area contributed by atoms with E-state index in [0.29, 0.717) is 25.0 Å². The maximum Gasteiger partial charge on any atom is 0.232 e.